The van der Waals surface area contributed by atoms with E-state index in [4.69, 9.17) is 0 Å². The van der Waals surface area contributed by atoms with Gasteiger partial charge in [0.05, 0.1) is 17.5 Å². The van der Waals surface area contributed by atoms with Crippen LogP contribution in [0.1, 0.15) is 30.5 Å². The highest BCUT2D eigenvalue weighted by Crippen LogP contribution is 2.37. The molecule has 2 aromatic carbocycles. The molecule has 0 bridgehead atoms. The molecule has 3 nitrogen and oxygen atoms in total. The van der Waals surface area contributed by atoms with Gasteiger partial charge in [-0.3, -0.25) is 4.90 Å². The standard InChI is InChI=1S/C19H23NO2S/c1-19(13-14-23(21,22)15-19)20(2)18(16-9-5-3-6-10-16)17-11-7-4-8-12-17/h3-12,18H,13-15H2,1-2H3/t19-/m0/s1. The van der Waals surface area contributed by atoms with Crippen molar-refractivity contribution in [1.29, 1.82) is 0 Å². The van der Waals surface area contributed by atoms with Crippen LogP contribution in [-0.4, -0.2) is 37.4 Å². The van der Waals surface area contributed by atoms with E-state index in [-0.39, 0.29) is 23.1 Å². The van der Waals surface area contributed by atoms with Crippen molar-refractivity contribution in [3.63, 3.8) is 0 Å². The summed E-state index contributed by atoms with van der Waals surface area (Å²) in [7, 11) is -0.891. The zero-order valence-corrected chi connectivity index (χ0v) is 14.5. The Hall–Kier alpha value is -1.65. The van der Waals surface area contributed by atoms with Crippen molar-refractivity contribution >= 4 is 9.84 Å². The molecule has 3 rings (SSSR count). The van der Waals surface area contributed by atoms with Crippen LogP contribution in [0.5, 0.6) is 0 Å². The van der Waals surface area contributed by atoms with Gasteiger partial charge in [0.25, 0.3) is 0 Å². The van der Waals surface area contributed by atoms with Crippen LogP contribution in [0.2, 0.25) is 0 Å². The van der Waals surface area contributed by atoms with Gasteiger partial charge in [-0.15, -0.1) is 0 Å². The topological polar surface area (TPSA) is 37.4 Å². The molecule has 0 spiro atoms. The SMILES string of the molecule is CN(C(c1ccccc1)c1ccccc1)[C@@]1(C)CCS(=O)(=O)C1. The molecule has 2 aromatic rings. The maximum absolute atomic E-state index is 12.0. The Bertz CT molecular complexity index is 719. The van der Waals surface area contributed by atoms with Crippen molar-refractivity contribution in [3.05, 3.63) is 71.8 Å². The molecule has 0 amide bonds. The van der Waals surface area contributed by atoms with Gasteiger partial charge in [-0.05, 0) is 31.5 Å². The minimum atomic E-state index is -2.94. The Balaban J connectivity index is 2.02. The number of sulfone groups is 1. The molecular weight excluding hydrogens is 306 g/mol. The lowest BCUT2D eigenvalue weighted by molar-refractivity contribution is 0.126. The highest BCUT2D eigenvalue weighted by atomic mass is 32.2. The van der Waals surface area contributed by atoms with E-state index in [0.717, 1.165) is 0 Å². The van der Waals surface area contributed by atoms with Gasteiger partial charge < -0.3 is 0 Å². The van der Waals surface area contributed by atoms with Crippen molar-refractivity contribution in [2.45, 2.75) is 24.9 Å². The third kappa shape index (κ3) is 3.33. The first kappa shape index (κ1) is 16.2. The van der Waals surface area contributed by atoms with Crippen LogP contribution < -0.4 is 0 Å². The van der Waals surface area contributed by atoms with Gasteiger partial charge in [-0.25, -0.2) is 8.42 Å². The Kier molecular flexibility index (Phi) is 4.30. The van der Waals surface area contributed by atoms with Gasteiger partial charge in [0.15, 0.2) is 9.84 Å². The van der Waals surface area contributed by atoms with E-state index < -0.39 is 9.84 Å². The summed E-state index contributed by atoms with van der Waals surface area (Å²) in [5.74, 6) is 0.511. The van der Waals surface area contributed by atoms with Crippen LogP contribution in [0.25, 0.3) is 0 Å². The summed E-state index contributed by atoms with van der Waals surface area (Å²) in [6.45, 7) is 2.07. The molecule has 1 heterocycles. The van der Waals surface area contributed by atoms with Crippen molar-refractivity contribution < 1.29 is 8.42 Å². The minimum Gasteiger partial charge on any atom is -0.289 e. The fourth-order valence-electron chi connectivity index (χ4n) is 3.49. The third-order valence-corrected chi connectivity index (χ3v) is 6.84. The Morgan fingerprint density at radius 2 is 1.43 bits per heavy atom. The predicted molar refractivity (Wildman–Crippen MR) is 94.2 cm³/mol. The molecule has 0 aliphatic carbocycles. The third-order valence-electron chi connectivity index (χ3n) is 4.95. The molecule has 1 aliphatic rings. The van der Waals surface area contributed by atoms with Crippen LogP contribution in [-0.2, 0) is 9.84 Å². The van der Waals surface area contributed by atoms with E-state index in [1.165, 1.54) is 11.1 Å². The van der Waals surface area contributed by atoms with Crippen LogP contribution in [0, 0.1) is 0 Å². The first-order chi connectivity index (χ1) is 10.9. The van der Waals surface area contributed by atoms with Crippen LogP contribution in [0.15, 0.2) is 60.7 Å². The largest absolute Gasteiger partial charge is 0.289 e. The average molecular weight is 329 g/mol. The molecule has 1 aliphatic heterocycles. The van der Waals surface area contributed by atoms with Crippen molar-refractivity contribution in [2.24, 2.45) is 0 Å². The van der Waals surface area contributed by atoms with Gasteiger partial charge in [-0.1, -0.05) is 60.7 Å². The number of benzene rings is 2. The molecule has 0 saturated carbocycles. The monoisotopic (exact) mass is 329 g/mol. The molecule has 0 N–H and O–H groups in total. The number of nitrogens with zero attached hydrogens (tertiary/aromatic N) is 1. The lowest BCUT2D eigenvalue weighted by atomic mass is 9.91. The van der Waals surface area contributed by atoms with Crippen LogP contribution in [0.4, 0.5) is 0 Å². The lowest BCUT2D eigenvalue weighted by Gasteiger charge is -2.41. The van der Waals surface area contributed by atoms with Gasteiger partial charge in [0.2, 0.25) is 0 Å². The summed E-state index contributed by atoms with van der Waals surface area (Å²) in [4.78, 5) is 2.24. The van der Waals surface area contributed by atoms with Gasteiger partial charge in [0.1, 0.15) is 0 Å². The van der Waals surface area contributed by atoms with Crippen LogP contribution in [0.3, 0.4) is 0 Å². The number of hydrogen-bond donors (Lipinski definition) is 0. The number of rotatable bonds is 4. The van der Waals surface area contributed by atoms with Gasteiger partial charge >= 0.3 is 0 Å². The maximum Gasteiger partial charge on any atom is 0.152 e. The highest BCUT2D eigenvalue weighted by Gasteiger charge is 2.44. The van der Waals surface area contributed by atoms with Gasteiger partial charge in [-0.2, -0.15) is 0 Å². The zero-order valence-electron chi connectivity index (χ0n) is 13.6. The molecule has 0 radical (unpaired) electrons. The summed E-state index contributed by atoms with van der Waals surface area (Å²) >= 11 is 0. The predicted octanol–water partition coefficient (Wildman–Crippen LogP) is 3.29. The first-order valence-electron chi connectivity index (χ1n) is 7.95. The Morgan fingerprint density at radius 1 is 0.957 bits per heavy atom. The molecule has 122 valence electrons. The van der Waals surface area contributed by atoms with E-state index in [2.05, 4.69) is 36.1 Å². The summed E-state index contributed by atoms with van der Waals surface area (Å²) in [5.41, 5.74) is 2.04. The van der Waals surface area contributed by atoms with Crippen molar-refractivity contribution in [1.82, 2.24) is 4.90 Å². The van der Waals surface area contributed by atoms with E-state index in [1.807, 2.05) is 43.4 Å². The Labute approximate surface area is 138 Å². The molecule has 23 heavy (non-hydrogen) atoms. The zero-order chi connectivity index (χ0) is 16.5. The summed E-state index contributed by atoms with van der Waals surface area (Å²) < 4.78 is 24.0. The van der Waals surface area contributed by atoms with E-state index in [1.54, 1.807) is 0 Å². The average Bonchev–Trinajstić information content (AvgIpc) is 2.84. The highest BCUT2D eigenvalue weighted by molar-refractivity contribution is 7.91. The van der Waals surface area contributed by atoms with Crippen LogP contribution >= 0.6 is 0 Å². The summed E-state index contributed by atoms with van der Waals surface area (Å²) in [6.07, 6.45) is 0.683. The molecule has 0 unspecified atom stereocenters. The Morgan fingerprint density at radius 3 is 1.83 bits per heavy atom. The molecular formula is C19H23NO2S. The summed E-state index contributed by atoms with van der Waals surface area (Å²) in [6, 6.07) is 20.7. The fourth-order valence-corrected chi connectivity index (χ4v) is 5.68. The molecule has 1 atom stereocenters. The van der Waals surface area contributed by atoms with E-state index in [9.17, 15) is 8.42 Å². The van der Waals surface area contributed by atoms with E-state index in [0.29, 0.717) is 6.42 Å². The maximum atomic E-state index is 12.0. The minimum absolute atomic E-state index is 0.0516. The van der Waals surface area contributed by atoms with Crippen molar-refractivity contribution in [3.8, 4) is 0 Å². The molecule has 0 aromatic heterocycles. The smallest absolute Gasteiger partial charge is 0.152 e. The summed E-state index contributed by atoms with van der Waals surface area (Å²) in [5, 5.41) is 0. The normalized spacial score (nSPS) is 23.5. The first-order valence-corrected chi connectivity index (χ1v) is 9.77. The second-order valence-electron chi connectivity index (χ2n) is 6.67. The fraction of sp³-hybridized carbons (Fsp3) is 0.368. The molecule has 1 saturated heterocycles. The second kappa shape index (κ2) is 6.10. The van der Waals surface area contributed by atoms with Crippen molar-refractivity contribution in [2.75, 3.05) is 18.6 Å². The van der Waals surface area contributed by atoms with Gasteiger partial charge in [0, 0.05) is 5.54 Å². The molecule has 4 heteroatoms. The lowest BCUT2D eigenvalue weighted by Crippen LogP contribution is -2.47. The second-order valence-corrected chi connectivity index (χ2v) is 8.86. The molecule has 1 fully saturated rings. The quantitative estimate of drug-likeness (QED) is 0.864. The number of hydrogen-bond acceptors (Lipinski definition) is 3. The van der Waals surface area contributed by atoms with E-state index >= 15 is 0 Å².